The molecule has 0 amide bonds. The first-order chi connectivity index (χ1) is 9.79. The first kappa shape index (κ1) is 15.3. The molecule has 0 saturated carbocycles. The van der Waals surface area contributed by atoms with Crippen LogP contribution in [0.3, 0.4) is 0 Å². The molecule has 3 unspecified atom stereocenters. The van der Waals surface area contributed by atoms with Gasteiger partial charge in [0.25, 0.3) is 6.04 Å². The molecule has 3 atom stereocenters. The topological polar surface area (TPSA) is 136 Å². The predicted octanol–water partition coefficient (Wildman–Crippen LogP) is -1.24. The first-order valence-electron chi connectivity index (χ1n) is 6.37. The zero-order valence-electron chi connectivity index (χ0n) is 11.5. The van der Waals surface area contributed by atoms with E-state index < -0.39 is 17.1 Å². The van der Waals surface area contributed by atoms with Crippen molar-refractivity contribution < 1.29 is 19.5 Å². The summed E-state index contributed by atoms with van der Waals surface area (Å²) >= 11 is 0. The molecule has 0 radical (unpaired) electrons. The molecule has 0 aliphatic carbocycles. The zero-order chi connectivity index (χ0) is 15.6. The van der Waals surface area contributed by atoms with Crippen molar-refractivity contribution in [3.05, 3.63) is 32.6 Å². The Hall–Kier alpha value is -2.11. The van der Waals surface area contributed by atoms with Crippen molar-refractivity contribution in [1.29, 1.82) is 0 Å². The molecule has 1 aromatic rings. The van der Waals surface area contributed by atoms with Crippen molar-refractivity contribution in [3.63, 3.8) is 0 Å². The van der Waals surface area contributed by atoms with Crippen LogP contribution >= 0.6 is 0 Å². The van der Waals surface area contributed by atoms with Crippen molar-refractivity contribution in [2.75, 3.05) is 26.7 Å². The number of nitrogens with one attached hydrogen (secondary N) is 1. The van der Waals surface area contributed by atoms with Crippen LogP contribution in [-0.4, -0.2) is 68.2 Å². The van der Waals surface area contributed by atoms with Crippen LogP contribution < -0.4 is 5.43 Å². The number of nitrogens with zero attached hydrogens (tertiary/aromatic N) is 5. The molecule has 2 N–H and O–H groups in total. The fraction of sp³-hybridized carbons (Fsp3) is 0.700. The quantitative estimate of drug-likeness (QED) is 0.381. The fourth-order valence-corrected chi connectivity index (χ4v) is 2.49. The van der Waals surface area contributed by atoms with Gasteiger partial charge in [-0.05, 0) is 0 Å². The maximum absolute atomic E-state index is 10.7. The van der Waals surface area contributed by atoms with Gasteiger partial charge in [-0.25, -0.2) is 4.59 Å². The standard InChI is InChI=1S/C10H17N6O5/c1-16(6-9(3-12-16)15(20)21)7-10(17)5-13-4-8(2-11-13)14(18)19/h2,4,9-10,12,17H,3,5-7H2,1H3/q+1. The molecular weight excluding hydrogens is 284 g/mol. The second kappa shape index (κ2) is 5.71. The number of aromatic nitrogens is 2. The van der Waals surface area contributed by atoms with Gasteiger partial charge in [0.1, 0.15) is 31.6 Å². The van der Waals surface area contributed by atoms with Crippen molar-refractivity contribution >= 4 is 5.69 Å². The Balaban J connectivity index is 1.90. The number of aliphatic hydroxyl groups excluding tert-OH is 1. The third-order valence-electron chi connectivity index (χ3n) is 3.46. The number of rotatable bonds is 6. The lowest BCUT2D eigenvalue weighted by atomic mass is 10.3. The first-order valence-corrected chi connectivity index (χ1v) is 6.37. The highest BCUT2D eigenvalue weighted by Crippen LogP contribution is 2.13. The minimum Gasteiger partial charge on any atom is -0.385 e. The molecule has 0 aromatic carbocycles. The molecule has 1 aliphatic rings. The van der Waals surface area contributed by atoms with Crippen LogP contribution in [0.4, 0.5) is 5.69 Å². The number of nitro groups is 2. The molecule has 11 nitrogen and oxygen atoms in total. The second-order valence-corrected chi connectivity index (χ2v) is 5.39. The van der Waals surface area contributed by atoms with Gasteiger partial charge in [-0.15, -0.1) is 0 Å². The monoisotopic (exact) mass is 301 g/mol. The molecule has 11 heteroatoms. The molecule has 0 bridgehead atoms. The molecule has 2 heterocycles. The summed E-state index contributed by atoms with van der Waals surface area (Å²) in [6.07, 6.45) is 1.52. The van der Waals surface area contributed by atoms with Gasteiger partial charge >= 0.3 is 5.69 Å². The summed E-state index contributed by atoms with van der Waals surface area (Å²) in [5, 5.41) is 35.1. The Labute approximate surface area is 119 Å². The van der Waals surface area contributed by atoms with Crippen LogP contribution in [0.25, 0.3) is 0 Å². The highest BCUT2D eigenvalue weighted by molar-refractivity contribution is 5.20. The number of aliphatic hydroxyl groups is 1. The lowest BCUT2D eigenvalue weighted by Crippen LogP contribution is -2.54. The molecule has 21 heavy (non-hydrogen) atoms. The SMILES string of the molecule is C[N+]1(CC(O)Cn2cc([N+](=O)[O-])cn2)CC([N+](=O)[O-])CN1. The second-order valence-electron chi connectivity index (χ2n) is 5.39. The molecule has 1 fully saturated rings. The van der Waals surface area contributed by atoms with Crippen molar-refractivity contribution in [2.45, 2.75) is 18.7 Å². The Kier molecular flexibility index (Phi) is 4.16. The van der Waals surface area contributed by atoms with Crippen LogP contribution in [-0.2, 0) is 6.54 Å². The Morgan fingerprint density at radius 1 is 1.62 bits per heavy atom. The lowest BCUT2D eigenvalue weighted by molar-refractivity contribution is -0.946. The summed E-state index contributed by atoms with van der Waals surface area (Å²) in [6, 6.07) is -0.673. The Bertz CT molecular complexity index is 548. The maximum Gasteiger partial charge on any atom is 0.306 e. The van der Waals surface area contributed by atoms with E-state index in [1.54, 1.807) is 7.05 Å². The predicted molar refractivity (Wildman–Crippen MR) is 69.6 cm³/mol. The summed E-state index contributed by atoms with van der Waals surface area (Å²) in [5.41, 5.74) is 2.86. The molecule has 1 aromatic heterocycles. The fourth-order valence-electron chi connectivity index (χ4n) is 2.49. The number of hydrogen-bond acceptors (Lipinski definition) is 7. The summed E-state index contributed by atoms with van der Waals surface area (Å²) in [5.74, 6) is 0. The van der Waals surface area contributed by atoms with Crippen molar-refractivity contribution in [2.24, 2.45) is 0 Å². The van der Waals surface area contributed by atoms with E-state index in [9.17, 15) is 25.3 Å². The number of likely N-dealkylation sites (N-methyl/N-ethyl adjacent to an activating group) is 1. The Morgan fingerprint density at radius 3 is 2.86 bits per heavy atom. The van der Waals surface area contributed by atoms with E-state index in [1.165, 1.54) is 10.9 Å². The van der Waals surface area contributed by atoms with E-state index in [0.29, 0.717) is 0 Å². The average molecular weight is 301 g/mol. The van der Waals surface area contributed by atoms with Gasteiger partial charge in [-0.2, -0.15) is 10.5 Å². The lowest BCUT2D eigenvalue weighted by Gasteiger charge is -2.29. The summed E-state index contributed by atoms with van der Waals surface area (Å²) in [7, 11) is 1.76. The van der Waals surface area contributed by atoms with Crippen molar-refractivity contribution in [3.8, 4) is 0 Å². The third kappa shape index (κ3) is 3.71. The molecular formula is C10H17N6O5+. The molecule has 1 saturated heterocycles. The smallest absolute Gasteiger partial charge is 0.306 e. The van der Waals surface area contributed by atoms with E-state index in [0.717, 1.165) is 6.20 Å². The Morgan fingerprint density at radius 2 is 2.33 bits per heavy atom. The van der Waals surface area contributed by atoms with Crippen LogP contribution in [0.1, 0.15) is 0 Å². The van der Waals surface area contributed by atoms with Gasteiger partial charge in [-0.3, -0.25) is 24.9 Å². The average Bonchev–Trinajstić information content (AvgIpc) is 2.96. The third-order valence-corrected chi connectivity index (χ3v) is 3.46. The van der Waals surface area contributed by atoms with Crippen LogP contribution in [0.2, 0.25) is 0 Å². The van der Waals surface area contributed by atoms with Crippen LogP contribution in [0.5, 0.6) is 0 Å². The van der Waals surface area contributed by atoms with Gasteiger partial charge in [-0.1, -0.05) is 0 Å². The molecule has 1 aliphatic heterocycles. The van der Waals surface area contributed by atoms with E-state index in [1.807, 2.05) is 0 Å². The zero-order valence-corrected chi connectivity index (χ0v) is 11.5. The van der Waals surface area contributed by atoms with Gasteiger partial charge in [0, 0.05) is 4.92 Å². The molecule has 2 rings (SSSR count). The van der Waals surface area contributed by atoms with Crippen LogP contribution in [0, 0.1) is 20.2 Å². The normalized spacial score (nSPS) is 26.7. The summed E-state index contributed by atoms with van der Waals surface area (Å²) < 4.78 is 1.46. The minimum absolute atomic E-state index is 0.0898. The summed E-state index contributed by atoms with van der Waals surface area (Å²) in [4.78, 5) is 20.4. The van der Waals surface area contributed by atoms with Gasteiger partial charge in [0.2, 0.25) is 0 Å². The molecule has 116 valence electrons. The van der Waals surface area contributed by atoms with Crippen LogP contribution in [0.15, 0.2) is 12.4 Å². The highest BCUT2D eigenvalue weighted by Gasteiger charge is 2.42. The van der Waals surface area contributed by atoms with Gasteiger partial charge in [0.05, 0.1) is 18.5 Å². The van der Waals surface area contributed by atoms with E-state index in [2.05, 4.69) is 10.5 Å². The minimum atomic E-state index is -0.826. The van der Waals surface area contributed by atoms with E-state index >= 15 is 0 Å². The summed E-state index contributed by atoms with van der Waals surface area (Å²) in [6.45, 7) is 0.872. The van der Waals surface area contributed by atoms with Gasteiger partial charge in [0.15, 0.2) is 6.54 Å². The highest BCUT2D eigenvalue weighted by atomic mass is 16.6. The number of hydrogen-bond donors (Lipinski definition) is 2. The van der Waals surface area contributed by atoms with Crippen molar-refractivity contribution in [1.82, 2.24) is 15.2 Å². The van der Waals surface area contributed by atoms with E-state index in [4.69, 9.17) is 0 Å². The number of quaternary nitrogens is 1. The molecule has 0 spiro atoms. The largest absolute Gasteiger partial charge is 0.385 e. The maximum atomic E-state index is 10.7. The van der Waals surface area contributed by atoms with Gasteiger partial charge < -0.3 is 5.11 Å². The van der Waals surface area contributed by atoms with E-state index in [-0.39, 0.29) is 41.4 Å².